The summed E-state index contributed by atoms with van der Waals surface area (Å²) in [6, 6.07) is 8.49. The lowest BCUT2D eigenvalue weighted by Gasteiger charge is -2.36. The van der Waals surface area contributed by atoms with Crippen molar-refractivity contribution in [3.05, 3.63) is 76.3 Å². The van der Waals surface area contributed by atoms with Crippen LogP contribution in [-0.4, -0.2) is 113 Å². The van der Waals surface area contributed by atoms with Crippen molar-refractivity contribution < 1.29 is 67.0 Å². The number of methoxy groups -OCH3 is 1. The molecule has 3 heterocycles. The molecule has 21 nitrogen and oxygen atoms in total. The second-order valence-electron chi connectivity index (χ2n) is 22.0. The lowest BCUT2D eigenvalue weighted by Crippen LogP contribution is -2.60. The number of carbonyl (C=O) groups excluding carboxylic acids is 10. The number of amides is 8. The van der Waals surface area contributed by atoms with E-state index in [1.807, 2.05) is 45.0 Å². The van der Waals surface area contributed by atoms with E-state index in [0.717, 1.165) is 11.1 Å². The molecule has 2 aromatic rings. The number of cyclic esters (lactones) is 1. The lowest BCUT2D eigenvalue weighted by molar-refractivity contribution is -0.197. The number of imide groups is 1. The Morgan fingerprint density at radius 2 is 1.51 bits per heavy atom. The number of halogens is 1. The molecule has 2 aromatic carbocycles. The number of nitrogens with one attached hydrogen (secondary N) is 6. The zero-order chi connectivity index (χ0) is 57.2. The topological polar surface area (TPSA) is 286 Å². The average molecular weight is 1100 g/mol. The van der Waals surface area contributed by atoms with E-state index in [4.69, 9.17) is 30.6 Å². The van der Waals surface area contributed by atoms with Crippen molar-refractivity contribution in [2.45, 2.75) is 174 Å². The summed E-state index contributed by atoms with van der Waals surface area (Å²) in [7, 11) is 1.49. The van der Waals surface area contributed by atoms with Gasteiger partial charge in [-0.05, 0) is 93.2 Å². The van der Waals surface area contributed by atoms with Crippen molar-refractivity contribution in [1.29, 1.82) is 0 Å². The van der Waals surface area contributed by atoms with Crippen molar-refractivity contribution in [3.63, 3.8) is 0 Å². The Labute approximate surface area is 459 Å². The summed E-state index contributed by atoms with van der Waals surface area (Å²) in [6.07, 6.45) is 2.41. The normalized spacial score (nSPS) is 23.7. The van der Waals surface area contributed by atoms with Gasteiger partial charge in [0.2, 0.25) is 35.4 Å². The molecule has 1 saturated carbocycles. The Morgan fingerprint density at radius 3 is 2.13 bits per heavy atom. The zero-order valence-corrected chi connectivity index (χ0v) is 46.5. The maximum Gasteiger partial charge on any atom is 0.333 e. The second kappa shape index (κ2) is 26.2. The fraction of sp³-hybridized carbons (Fsp3) is 0.571. The van der Waals surface area contributed by atoms with Crippen LogP contribution in [0.3, 0.4) is 0 Å². The van der Waals surface area contributed by atoms with Crippen LogP contribution in [-0.2, 0) is 75.2 Å². The molecule has 0 bridgehead atoms. The Bertz CT molecular complexity index is 2620. The highest BCUT2D eigenvalue weighted by atomic mass is 35.5. The Balaban J connectivity index is 1.05. The molecule has 8 amide bonds. The summed E-state index contributed by atoms with van der Waals surface area (Å²) in [5, 5.41) is 17.8. The number of ether oxygens (including phenoxy) is 3. The summed E-state index contributed by atoms with van der Waals surface area (Å²) in [5.74, 6) is -6.02. The Morgan fingerprint density at radius 1 is 0.846 bits per heavy atom. The van der Waals surface area contributed by atoms with E-state index in [-0.39, 0.29) is 75.9 Å². The minimum Gasteiger partial charge on any atom is -0.495 e. The van der Waals surface area contributed by atoms with E-state index in [1.165, 1.54) is 20.1 Å². The van der Waals surface area contributed by atoms with Gasteiger partial charge in [-0.25, -0.2) is 9.59 Å². The summed E-state index contributed by atoms with van der Waals surface area (Å²) in [4.78, 5) is 136. The first-order chi connectivity index (χ1) is 36.8. The van der Waals surface area contributed by atoms with E-state index in [2.05, 4.69) is 31.9 Å². The molecular weight excluding hydrogens is 1030 g/mol. The molecule has 1 aliphatic carbocycles. The van der Waals surface area contributed by atoms with Crippen LogP contribution in [0.2, 0.25) is 5.02 Å². The van der Waals surface area contributed by atoms with Gasteiger partial charge in [-0.15, -0.1) is 5.06 Å². The molecule has 6 rings (SSSR count). The predicted octanol–water partition coefficient (Wildman–Crippen LogP) is 4.27. The molecule has 424 valence electrons. The number of hydrogen-bond acceptors (Lipinski definition) is 14. The molecule has 1 spiro atoms. The summed E-state index contributed by atoms with van der Waals surface area (Å²) in [6.45, 7) is 14.3. The van der Waals surface area contributed by atoms with E-state index < -0.39 is 112 Å². The predicted molar refractivity (Wildman–Crippen MR) is 283 cm³/mol. The lowest BCUT2D eigenvalue weighted by atomic mass is 9.80. The smallest absolute Gasteiger partial charge is 0.333 e. The Hall–Kier alpha value is -6.87. The Kier molecular flexibility index (Phi) is 20.3. The molecule has 3 aliphatic heterocycles. The highest BCUT2D eigenvalue weighted by Gasteiger charge is 2.60. The SMILES string of the molecule is COc1ccc(C[C@H]2NC(=O)/C=C/C[C@@H]([C@H](C)[C@H]3O[C@@H]3c3ccc(CNC(=O)C(C)NC(=O)[C@@H](NC(=O)CCCC(=O)ON4C(=O)CCC4=O)C(C)C)cc3)OC(=O)[C@H](CC(C)C)NC(=O)C(C)(C)C3(CC3)NC2=O)cc1Cl. The largest absolute Gasteiger partial charge is 0.495 e. The fourth-order valence-electron chi connectivity index (χ4n) is 9.53. The standard InChI is InChI=1S/C56H74ClN7O14/c1-30(2)26-39-53(73)76-40(12-10-13-42(65)60-38(28-35-18-21-41(75-9)37(57)27-35)51(71)63-56(24-25-56)55(7,8)54(74)61-39)32(5)48-49(77-48)36-19-16-34(17-20-36)29-58-50(70)33(6)59-52(72)47(31(3)4)62-43(66)14-11-15-46(69)78-64-44(67)22-23-45(64)68/h10,13,16-21,27,30-33,38-40,47-49H,11-12,14-15,22-26,28-29H2,1-9H3,(H,58,70)(H,59,72)(H,60,65)(H,61,74)(H,62,66)(H,63,71)/b13-10+/t32-,33?,38+,39-,40-,47-,48+,49+/m0/s1. The van der Waals surface area contributed by atoms with Crippen LogP contribution in [0, 0.1) is 23.2 Å². The van der Waals surface area contributed by atoms with Gasteiger partial charge in [0.15, 0.2) is 0 Å². The summed E-state index contributed by atoms with van der Waals surface area (Å²) in [5.41, 5.74) is 0.150. The number of hydroxylamine groups is 2. The van der Waals surface area contributed by atoms with Gasteiger partial charge in [0.25, 0.3) is 11.8 Å². The molecule has 2 saturated heterocycles. The maximum atomic E-state index is 14.2. The summed E-state index contributed by atoms with van der Waals surface area (Å²) >= 11 is 6.43. The fourth-order valence-corrected chi connectivity index (χ4v) is 9.81. The average Bonchev–Trinajstić information content (AvgIpc) is 4.33. The quantitative estimate of drug-likeness (QED) is 0.0614. The number of esters is 1. The number of epoxide rings is 1. The van der Waals surface area contributed by atoms with Gasteiger partial charge in [0, 0.05) is 51.0 Å². The van der Waals surface area contributed by atoms with Crippen LogP contribution < -0.4 is 36.6 Å². The third kappa shape index (κ3) is 15.7. The minimum absolute atomic E-state index is 0.00400. The van der Waals surface area contributed by atoms with Crippen LogP contribution in [0.4, 0.5) is 0 Å². The van der Waals surface area contributed by atoms with Crippen molar-refractivity contribution in [2.75, 3.05) is 7.11 Å². The molecule has 4 aliphatic rings. The third-order valence-electron chi connectivity index (χ3n) is 14.8. The second-order valence-corrected chi connectivity index (χ2v) is 22.4. The molecule has 8 atom stereocenters. The molecule has 78 heavy (non-hydrogen) atoms. The monoisotopic (exact) mass is 1100 g/mol. The van der Waals surface area contributed by atoms with E-state index >= 15 is 0 Å². The first-order valence-electron chi connectivity index (χ1n) is 26.6. The third-order valence-corrected chi connectivity index (χ3v) is 15.1. The molecule has 0 aromatic heterocycles. The number of rotatable bonds is 20. The van der Waals surface area contributed by atoms with Crippen molar-refractivity contribution in [3.8, 4) is 5.75 Å². The van der Waals surface area contributed by atoms with Crippen LogP contribution >= 0.6 is 11.6 Å². The molecule has 1 unspecified atom stereocenters. The van der Waals surface area contributed by atoms with Gasteiger partial charge in [-0.1, -0.05) is 82.6 Å². The molecule has 0 radical (unpaired) electrons. The van der Waals surface area contributed by atoms with Gasteiger partial charge in [-0.3, -0.25) is 38.4 Å². The zero-order valence-electron chi connectivity index (χ0n) is 45.8. The van der Waals surface area contributed by atoms with Gasteiger partial charge < -0.3 is 50.9 Å². The van der Waals surface area contributed by atoms with Crippen LogP contribution in [0.5, 0.6) is 5.75 Å². The van der Waals surface area contributed by atoms with Gasteiger partial charge in [0.1, 0.15) is 42.1 Å². The number of benzene rings is 2. The van der Waals surface area contributed by atoms with Crippen LogP contribution in [0.25, 0.3) is 0 Å². The van der Waals surface area contributed by atoms with E-state index in [0.29, 0.717) is 34.2 Å². The van der Waals surface area contributed by atoms with E-state index in [9.17, 15) is 47.9 Å². The molecular formula is C56H74ClN7O14. The highest BCUT2D eigenvalue weighted by molar-refractivity contribution is 6.32. The maximum absolute atomic E-state index is 14.2. The van der Waals surface area contributed by atoms with Gasteiger partial charge >= 0.3 is 11.9 Å². The van der Waals surface area contributed by atoms with Crippen molar-refractivity contribution in [1.82, 2.24) is 37.0 Å². The van der Waals surface area contributed by atoms with Gasteiger partial charge in [0.05, 0.1) is 29.2 Å². The van der Waals surface area contributed by atoms with E-state index in [1.54, 1.807) is 52.0 Å². The first kappa shape index (κ1) is 60.4. The minimum atomic E-state index is -1.16. The number of carbonyl (C=O) groups is 10. The van der Waals surface area contributed by atoms with Crippen molar-refractivity contribution in [2.24, 2.45) is 23.2 Å². The van der Waals surface area contributed by atoms with Gasteiger partial charge in [-0.2, -0.15) is 0 Å². The molecule has 6 N–H and O–H groups in total. The summed E-state index contributed by atoms with van der Waals surface area (Å²) < 4.78 is 17.8. The van der Waals surface area contributed by atoms with Crippen LogP contribution in [0.1, 0.15) is 136 Å². The molecule has 3 fully saturated rings. The first-order valence-corrected chi connectivity index (χ1v) is 27.0. The molecule has 22 heteroatoms. The highest BCUT2D eigenvalue weighted by Crippen LogP contribution is 2.50. The van der Waals surface area contributed by atoms with Crippen LogP contribution in [0.15, 0.2) is 54.6 Å². The van der Waals surface area contributed by atoms with Crippen molar-refractivity contribution >= 4 is 70.8 Å². The number of hydrogen-bond donors (Lipinski definition) is 6. The number of nitrogens with zero attached hydrogens (tertiary/aromatic N) is 1.